The zero-order valence-electron chi connectivity index (χ0n) is 12.4. The minimum absolute atomic E-state index is 0.548. The van der Waals surface area contributed by atoms with E-state index in [9.17, 15) is 9.90 Å². The summed E-state index contributed by atoms with van der Waals surface area (Å²) in [5.41, 5.74) is 3.23. The Balaban J connectivity index is 2.19. The molecule has 0 aliphatic heterocycles. The molecule has 0 radical (unpaired) electrons. The zero-order valence-corrected chi connectivity index (χ0v) is 12.4. The molecule has 0 amide bonds. The Labute approximate surface area is 122 Å². The summed E-state index contributed by atoms with van der Waals surface area (Å²) in [6, 6.07) is 4.13. The smallest absolute Gasteiger partial charge is 0.331 e. The molecule has 1 aromatic heterocycles. The monoisotopic (exact) mass is 286 g/mol. The van der Waals surface area contributed by atoms with Gasteiger partial charge in [-0.3, -0.25) is 0 Å². The summed E-state index contributed by atoms with van der Waals surface area (Å²) in [5.74, 6) is -0.309. The maximum Gasteiger partial charge on any atom is 0.331 e. The van der Waals surface area contributed by atoms with E-state index in [1.165, 1.54) is 10.2 Å². The van der Waals surface area contributed by atoms with Gasteiger partial charge in [-0.2, -0.15) is 0 Å². The predicted octanol–water partition coefficient (Wildman–Crippen LogP) is 2.23. The van der Waals surface area contributed by atoms with Gasteiger partial charge in [0.2, 0.25) is 0 Å². The largest absolute Gasteiger partial charge is 0.479 e. The maximum atomic E-state index is 11.7. The summed E-state index contributed by atoms with van der Waals surface area (Å²) >= 11 is 0. The third kappa shape index (κ3) is 1.93. The first-order chi connectivity index (χ1) is 9.95. The average molecular weight is 286 g/mol. The van der Waals surface area contributed by atoms with Gasteiger partial charge in [-0.15, -0.1) is 5.10 Å². The molecule has 1 fully saturated rings. The van der Waals surface area contributed by atoms with Crippen molar-refractivity contribution in [3.8, 4) is 11.4 Å². The van der Waals surface area contributed by atoms with E-state index in [-0.39, 0.29) is 0 Å². The summed E-state index contributed by atoms with van der Waals surface area (Å²) in [6.07, 6.45) is 2.03. The number of aliphatic carboxylic acids is 1. The number of carbonyl (C=O) groups is 1. The fraction of sp³-hybridized carbons (Fsp3) is 0.467. The molecule has 0 atom stereocenters. The molecule has 0 bridgehead atoms. The van der Waals surface area contributed by atoms with Crippen LogP contribution in [0.4, 0.5) is 0 Å². The fourth-order valence-electron chi connectivity index (χ4n) is 3.19. The number of carboxylic acid groups (broad SMARTS) is 1. The Hall–Kier alpha value is -2.24. The van der Waals surface area contributed by atoms with Crippen LogP contribution in [0.3, 0.4) is 0 Å². The lowest BCUT2D eigenvalue weighted by atomic mass is 9.76. The minimum atomic E-state index is -0.984. The number of benzene rings is 1. The van der Waals surface area contributed by atoms with Crippen molar-refractivity contribution in [3.63, 3.8) is 0 Å². The standard InChI is InChI=1S/C15H18N4O2/c1-9-7-10(2)12(11(3)8-9)13-16-17-18-19(13)15(14(20)21)5-4-6-15/h7-8H,4-6H2,1-3H3,(H,20,21). The van der Waals surface area contributed by atoms with Crippen LogP contribution in [-0.4, -0.2) is 31.3 Å². The van der Waals surface area contributed by atoms with Crippen molar-refractivity contribution < 1.29 is 9.90 Å². The van der Waals surface area contributed by atoms with Gasteiger partial charge in [0.25, 0.3) is 0 Å². The van der Waals surface area contributed by atoms with Crippen LogP contribution in [0, 0.1) is 20.8 Å². The van der Waals surface area contributed by atoms with Crippen LogP contribution in [0.25, 0.3) is 11.4 Å². The Morgan fingerprint density at radius 2 is 1.86 bits per heavy atom. The molecule has 6 heteroatoms. The molecule has 1 aromatic carbocycles. The van der Waals surface area contributed by atoms with Crippen molar-refractivity contribution in [2.75, 3.05) is 0 Å². The molecule has 6 nitrogen and oxygen atoms in total. The zero-order chi connectivity index (χ0) is 15.2. The SMILES string of the molecule is Cc1cc(C)c(-c2nnnn2C2(C(=O)O)CCC2)c(C)c1. The number of aryl methyl sites for hydroxylation is 3. The highest BCUT2D eigenvalue weighted by Crippen LogP contribution is 2.41. The van der Waals surface area contributed by atoms with Gasteiger partial charge in [-0.25, -0.2) is 9.48 Å². The van der Waals surface area contributed by atoms with Gasteiger partial charge < -0.3 is 5.11 Å². The molecule has 0 unspecified atom stereocenters. The van der Waals surface area contributed by atoms with E-state index in [0.717, 1.165) is 23.1 Å². The number of rotatable bonds is 3. The van der Waals surface area contributed by atoms with Gasteiger partial charge in [0.05, 0.1) is 0 Å². The number of carboxylic acids is 1. The van der Waals surface area contributed by atoms with Crippen molar-refractivity contribution in [1.29, 1.82) is 0 Å². The lowest BCUT2D eigenvalue weighted by molar-refractivity contribution is -0.153. The summed E-state index contributed by atoms with van der Waals surface area (Å²) in [5, 5.41) is 21.4. The lowest BCUT2D eigenvalue weighted by Gasteiger charge is -2.37. The average Bonchev–Trinajstić information content (AvgIpc) is 2.75. The molecule has 3 rings (SSSR count). The Kier molecular flexibility index (Phi) is 3.04. The number of hydrogen-bond donors (Lipinski definition) is 1. The number of nitrogens with zero attached hydrogens (tertiary/aromatic N) is 4. The topological polar surface area (TPSA) is 80.9 Å². The van der Waals surface area contributed by atoms with Crippen LogP contribution < -0.4 is 0 Å². The van der Waals surface area contributed by atoms with Crippen LogP contribution in [0.2, 0.25) is 0 Å². The van der Waals surface area contributed by atoms with Crippen molar-refractivity contribution in [2.45, 2.75) is 45.6 Å². The number of hydrogen-bond acceptors (Lipinski definition) is 4. The van der Waals surface area contributed by atoms with Gasteiger partial charge in [-0.1, -0.05) is 17.7 Å². The third-order valence-electron chi connectivity index (χ3n) is 4.35. The summed E-state index contributed by atoms with van der Waals surface area (Å²) in [7, 11) is 0. The first kappa shape index (κ1) is 13.7. The van der Waals surface area contributed by atoms with Crippen LogP contribution >= 0.6 is 0 Å². The second-order valence-electron chi connectivity index (χ2n) is 5.88. The second kappa shape index (κ2) is 4.65. The van der Waals surface area contributed by atoms with E-state index in [1.54, 1.807) is 0 Å². The highest BCUT2D eigenvalue weighted by Gasteiger charge is 2.49. The molecular weight excluding hydrogens is 268 g/mol. The van der Waals surface area contributed by atoms with Crippen molar-refractivity contribution in [1.82, 2.24) is 20.2 Å². The van der Waals surface area contributed by atoms with E-state index in [2.05, 4.69) is 27.7 Å². The molecule has 21 heavy (non-hydrogen) atoms. The number of aromatic nitrogens is 4. The summed E-state index contributed by atoms with van der Waals surface area (Å²) in [4.78, 5) is 11.7. The van der Waals surface area contributed by atoms with E-state index in [0.29, 0.717) is 18.7 Å². The van der Waals surface area contributed by atoms with Crippen LogP contribution in [0.15, 0.2) is 12.1 Å². The molecule has 1 saturated carbocycles. The number of tetrazole rings is 1. The minimum Gasteiger partial charge on any atom is -0.479 e. The second-order valence-corrected chi connectivity index (χ2v) is 5.88. The Morgan fingerprint density at radius 1 is 1.24 bits per heavy atom. The molecule has 110 valence electrons. The van der Waals surface area contributed by atoms with Crippen LogP contribution in [0.1, 0.15) is 36.0 Å². The lowest BCUT2D eigenvalue weighted by Crippen LogP contribution is -2.48. The molecular formula is C15H18N4O2. The van der Waals surface area contributed by atoms with E-state index >= 15 is 0 Å². The van der Waals surface area contributed by atoms with Gasteiger partial charge in [0.1, 0.15) is 0 Å². The normalized spacial score (nSPS) is 16.5. The highest BCUT2D eigenvalue weighted by molar-refractivity contribution is 5.79. The quantitative estimate of drug-likeness (QED) is 0.935. The van der Waals surface area contributed by atoms with Crippen molar-refractivity contribution >= 4 is 5.97 Å². The Bertz CT molecular complexity index is 693. The molecule has 1 aliphatic carbocycles. The van der Waals surface area contributed by atoms with Crippen LogP contribution in [-0.2, 0) is 10.3 Å². The van der Waals surface area contributed by atoms with E-state index < -0.39 is 11.5 Å². The van der Waals surface area contributed by atoms with Gasteiger partial charge in [-0.05, 0) is 61.6 Å². The maximum absolute atomic E-state index is 11.7. The van der Waals surface area contributed by atoms with Gasteiger partial charge >= 0.3 is 5.97 Å². The van der Waals surface area contributed by atoms with Crippen LogP contribution in [0.5, 0.6) is 0 Å². The molecule has 1 N–H and O–H groups in total. The van der Waals surface area contributed by atoms with Crippen molar-refractivity contribution in [2.24, 2.45) is 0 Å². The summed E-state index contributed by atoms with van der Waals surface area (Å²) < 4.78 is 1.50. The predicted molar refractivity (Wildman–Crippen MR) is 76.9 cm³/mol. The fourth-order valence-corrected chi connectivity index (χ4v) is 3.19. The Morgan fingerprint density at radius 3 is 2.33 bits per heavy atom. The van der Waals surface area contributed by atoms with Gasteiger partial charge in [0.15, 0.2) is 11.4 Å². The van der Waals surface area contributed by atoms with E-state index in [1.807, 2.05) is 20.8 Å². The van der Waals surface area contributed by atoms with Gasteiger partial charge in [0, 0.05) is 5.56 Å². The summed E-state index contributed by atoms with van der Waals surface area (Å²) in [6.45, 7) is 6.04. The molecule has 2 aromatic rings. The molecule has 1 heterocycles. The third-order valence-corrected chi connectivity index (χ3v) is 4.35. The van der Waals surface area contributed by atoms with E-state index in [4.69, 9.17) is 0 Å². The first-order valence-electron chi connectivity index (χ1n) is 7.06. The molecule has 0 spiro atoms. The molecule has 1 aliphatic rings. The van der Waals surface area contributed by atoms with Crippen molar-refractivity contribution in [3.05, 3.63) is 28.8 Å². The first-order valence-corrected chi connectivity index (χ1v) is 7.06. The highest BCUT2D eigenvalue weighted by atomic mass is 16.4. The molecule has 0 saturated heterocycles.